The molecule has 1 aromatic rings. The van der Waals surface area contributed by atoms with Gasteiger partial charge in [-0.05, 0) is 36.8 Å². The lowest BCUT2D eigenvalue weighted by Crippen LogP contribution is -2.39. The monoisotopic (exact) mass is 285 g/mol. The lowest BCUT2D eigenvalue weighted by atomic mass is 9.65. The van der Waals surface area contributed by atoms with E-state index < -0.39 is 0 Å². The maximum Gasteiger partial charge on any atom is 0.139 e. The highest BCUT2D eigenvalue weighted by molar-refractivity contribution is 5.83. The molecule has 21 heavy (non-hydrogen) atoms. The number of allylic oxidation sites excluding steroid dienone is 2. The summed E-state index contributed by atoms with van der Waals surface area (Å²) in [6.07, 6.45) is 6.00. The Balaban J connectivity index is 1.99. The van der Waals surface area contributed by atoms with Gasteiger partial charge in [-0.25, -0.2) is 0 Å². The first kappa shape index (κ1) is 15.8. The SMILES string of the molecule is C[C@@H](CC(=O)[C@H]1[C@@H](C)C=CCC1(C)C)Nc1ccccc1. The van der Waals surface area contributed by atoms with Crippen molar-refractivity contribution in [3.63, 3.8) is 0 Å². The van der Waals surface area contributed by atoms with Crippen LogP contribution in [0.1, 0.15) is 40.5 Å². The van der Waals surface area contributed by atoms with E-state index in [0.717, 1.165) is 12.1 Å². The number of rotatable bonds is 5. The van der Waals surface area contributed by atoms with Crippen LogP contribution in [0.2, 0.25) is 0 Å². The molecule has 2 nitrogen and oxygen atoms in total. The summed E-state index contributed by atoms with van der Waals surface area (Å²) in [7, 11) is 0. The van der Waals surface area contributed by atoms with Crippen molar-refractivity contribution in [2.24, 2.45) is 17.3 Å². The van der Waals surface area contributed by atoms with E-state index in [1.165, 1.54) is 0 Å². The number of hydrogen-bond acceptors (Lipinski definition) is 2. The van der Waals surface area contributed by atoms with Crippen LogP contribution in [0.5, 0.6) is 0 Å². The summed E-state index contributed by atoms with van der Waals surface area (Å²) in [5.74, 6) is 0.848. The molecule has 1 aliphatic rings. The Kier molecular flexibility index (Phi) is 4.87. The number of benzene rings is 1. The van der Waals surface area contributed by atoms with Gasteiger partial charge < -0.3 is 5.32 Å². The second-order valence-electron chi connectivity index (χ2n) is 7.04. The summed E-state index contributed by atoms with van der Waals surface area (Å²) >= 11 is 0. The summed E-state index contributed by atoms with van der Waals surface area (Å²) in [5, 5.41) is 3.42. The van der Waals surface area contributed by atoms with Crippen molar-refractivity contribution in [3.8, 4) is 0 Å². The van der Waals surface area contributed by atoms with E-state index >= 15 is 0 Å². The minimum atomic E-state index is 0.0672. The molecule has 0 aromatic heterocycles. The third-order valence-corrected chi connectivity index (χ3v) is 4.49. The van der Waals surface area contributed by atoms with Crippen LogP contribution in [-0.2, 0) is 4.79 Å². The number of carbonyl (C=O) groups is 1. The second kappa shape index (κ2) is 6.46. The highest BCUT2D eigenvalue weighted by Gasteiger charge is 2.39. The Hall–Kier alpha value is -1.57. The number of nitrogens with one attached hydrogen (secondary N) is 1. The van der Waals surface area contributed by atoms with E-state index in [0.29, 0.717) is 18.1 Å². The Labute approximate surface area is 128 Å². The van der Waals surface area contributed by atoms with Gasteiger partial charge in [0, 0.05) is 24.1 Å². The number of para-hydroxylation sites is 1. The van der Waals surface area contributed by atoms with Crippen LogP contribution >= 0.6 is 0 Å². The van der Waals surface area contributed by atoms with Crippen molar-refractivity contribution in [2.75, 3.05) is 5.32 Å². The molecule has 3 atom stereocenters. The van der Waals surface area contributed by atoms with Crippen molar-refractivity contribution < 1.29 is 4.79 Å². The maximum absolute atomic E-state index is 12.8. The zero-order valence-corrected chi connectivity index (χ0v) is 13.6. The molecule has 0 fully saturated rings. The summed E-state index contributed by atoms with van der Waals surface area (Å²) in [5.41, 5.74) is 1.14. The lowest BCUT2D eigenvalue weighted by Gasteiger charge is -2.39. The number of anilines is 1. The third kappa shape index (κ3) is 3.96. The molecule has 0 spiro atoms. The maximum atomic E-state index is 12.8. The van der Waals surface area contributed by atoms with Crippen LogP contribution in [0.25, 0.3) is 0 Å². The molecular weight excluding hydrogens is 258 g/mol. The van der Waals surface area contributed by atoms with Crippen LogP contribution in [0, 0.1) is 17.3 Å². The fraction of sp³-hybridized carbons (Fsp3) is 0.526. The molecule has 1 aliphatic carbocycles. The topological polar surface area (TPSA) is 29.1 Å². The number of Topliss-reactive ketones (excluding diaryl/α,β-unsaturated/α-hetero) is 1. The Bertz CT molecular complexity index is 504. The molecule has 0 aliphatic heterocycles. The average molecular weight is 285 g/mol. The van der Waals surface area contributed by atoms with E-state index in [9.17, 15) is 4.79 Å². The van der Waals surface area contributed by atoms with Gasteiger partial charge in [-0.2, -0.15) is 0 Å². The fourth-order valence-electron chi connectivity index (χ4n) is 3.56. The number of carbonyl (C=O) groups excluding carboxylic acids is 1. The van der Waals surface area contributed by atoms with Gasteiger partial charge in [0.2, 0.25) is 0 Å². The Morgan fingerprint density at radius 3 is 2.62 bits per heavy atom. The number of hydrogen-bond donors (Lipinski definition) is 1. The molecule has 0 amide bonds. The van der Waals surface area contributed by atoms with Gasteiger partial charge in [0.15, 0.2) is 0 Å². The highest BCUT2D eigenvalue weighted by Crippen LogP contribution is 2.41. The van der Waals surface area contributed by atoms with Crippen LogP contribution < -0.4 is 5.32 Å². The highest BCUT2D eigenvalue weighted by atomic mass is 16.1. The first-order chi connectivity index (χ1) is 9.90. The molecule has 0 saturated carbocycles. The molecule has 2 heteroatoms. The molecule has 1 N–H and O–H groups in total. The molecule has 1 aromatic carbocycles. The van der Waals surface area contributed by atoms with Crippen molar-refractivity contribution >= 4 is 11.5 Å². The molecule has 0 heterocycles. The summed E-state index contributed by atoms with van der Waals surface area (Å²) in [4.78, 5) is 12.8. The van der Waals surface area contributed by atoms with Crippen molar-refractivity contribution in [2.45, 2.75) is 46.6 Å². The third-order valence-electron chi connectivity index (χ3n) is 4.49. The van der Waals surface area contributed by atoms with Crippen LogP contribution in [0.15, 0.2) is 42.5 Å². The minimum Gasteiger partial charge on any atom is -0.382 e. The zero-order valence-electron chi connectivity index (χ0n) is 13.6. The van der Waals surface area contributed by atoms with Gasteiger partial charge in [-0.1, -0.05) is 51.1 Å². The second-order valence-corrected chi connectivity index (χ2v) is 7.04. The van der Waals surface area contributed by atoms with E-state index in [2.05, 4.69) is 45.2 Å². The summed E-state index contributed by atoms with van der Waals surface area (Å²) in [6, 6.07) is 10.3. The first-order valence-electron chi connectivity index (χ1n) is 7.91. The standard InChI is InChI=1S/C19H27NO/c1-14-9-8-12-19(3,4)18(14)17(21)13-15(2)20-16-10-6-5-7-11-16/h5-11,14-15,18,20H,12-13H2,1-4H3/t14-,15-,18+/m0/s1. The van der Waals surface area contributed by atoms with E-state index in [4.69, 9.17) is 0 Å². The number of ketones is 1. The van der Waals surface area contributed by atoms with E-state index in [1.54, 1.807) is 0 Å². The van der Waals surface area contributed by atoms with Gasteiger partial charge in [0.1, 0.15) is 5.78 Å². The molecule has 0 saturated heterocycles. The largest absolute Gasteiger partial charge is 0.382 e. The van der Waals surface area contributed by atoms with Crippen LogP contribution in [0.3, 0.4) is 0 Å². The van der Waals surface area contributed by atoms with Crippen LogP contribution in [-0.4, -0.2) is 11.8 Å². The molecule has 0 unspecified atom stereocenters. The Morgan fingerprint density at radius 2 is 2.00 bits per heavy atom. The lowest BCUT2D eigenvalue weighted by molar-refractivity contribution is -0.128. The molecule has 114 valence electrons. The van der Waals surface area contributed by atoms with Gasteiger partial charge >= 0.3 is 0 Å². The molecule has 0 radical (unpaired) electrons. The van der Waals surface area contributed by atoms with Crippen molar-refractivity contribution in [3.05, 3.63) is 42.5 Å². The van der Waals surface area contributed by atoms with E-state index in [1.807, 2.05) is 30.3 Å². The van der Waals surface area contributed by atoms with Gasteiger partial charge in [0.25, 0.3) is 0 Å². The van der Waals surface area contributed by atoms with Gasteiger partial charge in [-0.15, -0.1) is 0 Å². The van der Waals surface area contributed by atoms with Crippen molar-refractivity contribution in [1.29, 1.82) is 0 Å². The van der Waals surface area contributed by atoms with Gasteiger partial charge in [-0.3, -0.25) is 4.79 Å². The molecule has 0 bridgehead atoms. The smallest absolute Gasteiger partial charge is 0.139 e. The summed E-state index contributed by atoms with van der Waals surface area (Å²) in [6.45, 7) is 8.67. The average Bonchev–Trinajstić information content (AvgIpc) is 2.38. The Morgan fingerprint density at radius 1 is 1.33 bits per heavy atom. The fourth-order valence-corrected chi connectivity index (χ4v) is 3.56. The quantitative estimate of drug-likeness (QED) is 0.796. The van der Waals surface area contributed by atoms with Crippen molar-refractivity contribution in [1.82, 2.24) is 0 Å². The minimum absolute atomic E-state index is 0.0672. The van der Waals surface area contributed by atoms with E-state index in [-0.39, 0.29) is 17.4 Å². The van der Waals surface area contributed by atoms with Gasteiger partial charge in [0.05, 0.1) is 0 Å². The molecular formula is C19H27NO. The molecule has 2 rings (SSSR count). The zero-order chi connectivity index (χ0) is 15.5. The van der Waals surface area contributed by atoms with Crippen LogP contribution in [0.4, 0.5) is 5.69 Å². The normalized spacial score (nSPS) is 25.3. The predicted octanol–water partition coefficient (Wildman–Crippen LogP) is 4.68. The summed E-state index contributed by atoms with van der Waals surface area (Å²) < 4.78 is 0. The first-order valence-corrected chi connectivity index (χ1v) is 7.91. The predicted molar refractivity (Wildman–Crippen MR) is 89.3 cm³/mol.